The minimum Gasteiger partial charge on any atom is -0.339 e. The predicted molar refractivity (Wildman–Crippen MR) is 76.7 cm³/mol. The van der Waals surface area contributed by atoms with E-state index in [2.05, 4.69) is 11.8 Å². The van der Waals surface area contributed by atoms with E-state index < -0.39 is 0 Å². The Bertz CT molecular complexity index is 421. The number of nitrogens with two attached hydrogens (primary N) is 1. The molecule has 19 heavy (non-hydrogen) atoms. The van der Waals surface area contributed by atoms with Crippen LogP contribution < -0.4 is 5.73 Å². The van der Waals surface area contributed by atoms with Gasteiger partial charge < -0.3 is 10.6 Å². The van der Waals surface area contributed by atoms with Gasteiger partial charge in [-0.05, 0) is 25.6 Å². The monoisotopic (exact) mass is 261 g/mol. The van der Waals surface area contributed by atoms with Gasteiger partial charge in [-0.15, -0.1) is 0 Å². The molecule has 104 valence electrons. The van der Waals surface area contributed by atoms with Crippen LogP contribution in [-0.4, -0.2) is 48.4 Å². The van der Waals surface area contributed by atoms with Gasteiger partial charge >= 0.3 is 0 Å². The van der Waals surface area contributed by atoms with E-state index in [1.54, 1.807) is 0 Å². The van der Waals surface area contributed by atoms with E-state index in [0.717, 1.165) is 25.1 Å². The smallest absolute Gasteiger partial charge is 0.244 e. The van der Waals surface area contributed by atoms with Crippen LogP contribution in [-0.2, 0) is 4.79 Å². The predicted octanol–water partition coefficient (Wildman–Crippen LogP) is 1.24. The van der Waals surface area contributed by atoms with Crippen molar-refractivity contribution in [2.75, 3.05) is 26.7 Å². The number of carbonyl (C=O) groups is 1. The number of nitrogens with zero attached hydrogens (tertiary/aromatic N) is 2. The number of carbonyl (C=O) groups excluding carboxylic acids is 1. The zero-order valence-electron chi connectivity index (χ0n) is 11.7. The third kappa shape index (κ3) is 3.14. The Balaban J connectivity index is 2.21. The molecule has 0 aromatic heterocycles. The Labute approximate surface area is 115 Å². The molecule has 1 amide bonds. The van der Waals surface area contributed by atoms with Crippen LogP contribution in [0.25, 0.3) is 0 Å². The van der Waals surface area contributed by atoms with E-state index in [9.17, 15) is 4.79 Å². The lowest BCUT2D eigenvalue weighted by molar-refractivity contribution is -0.135. The number of amides is 1. The van der Waals surface area contributed by atoms with Crippen molar-refractivity contribution in [1.29, 1.82) is 0 Å². The molecule has 0 saturated carbocycles. The minimum atomic E-state index is -0.198. The third-order valence-corrected chi connectivity index (χ3v) is 3.83. The molecule has 2 atom stereocenters. The molecular weight excluding hydrogens is 238 g/mol. The summed E-state index contributed by atoms with van der Waals surface area (Å²) in [7, 11) is 1.99. The number of rotatable bonds is 4. The van der Waals surface area contributed by atoms with Crippen molar-refractivity contribution in [2.24, 2.45) is 5.73 Å². The molecule has 1 aromatic rings. The summed E-state index contributed by atoms with van der Waals surface area (Å²) < 4.78 is 0. The van der Waals surface area contributed by atoms with Crippen LogP contribution in [0.3, 0.4) is 0 Å². The fourth-order valence-electron chi connectivity index (χ4n) is 2.56. The Morgan fingerprint density at radius 2 is 2.16 bits per heavy atom. The molecule has 1 heterocycles. The van der Waals surface area contributed by atoms with Gasteiger partial charge in [0.15, 0.2) is 0 Å². The molecule has 0 spiro atoms. The number of likely N-dealkylation sites (N-methyl/N-ethyl adjacent to an activating group) is 1. The summed E-state index contributed by atoms with van der Waals surface area (Å²) >= 11 is 0. The topological polar surface area (TPSA) is 49.6 Å². The maximum atomic E-state index is 12.7. The van der Waals surface area contributed by atoms with Crippen molar-refractivity contribution in [3.63, 3.8) is 0 Å². The highest BCUT2D eigenvalue weighted by Crippen LogP contribution is 2.23. The number of hydrogen-bond donors (Lipinski definition) is 1. The lowest BCUT2D eigenvalue weighted by atomic mass is 10.0. The van der Waals surface area contributed by atoms with Gasteiger partial charge in [-0.3, -0.25) is 9.69 Å². The zero-order valence-corrected chi connectivity index (χ0v) is 11.7. The van der Waals surface area contributed by atoms with Crippen LogP contribution in [0.5, 0.6) is 0 Å². The summed E-state index contributed by atoms with van der Waals surface area (Å²) in [6.07, 6.45) is 0.906. The molecule has 4 nitrogen and oxygen atoms in total. The number of benzene rings is 1. The second kappa shape index (κ2) is 6.17. The molecule has 0 aliphatic carbocycles. The molecule has 1 saturated heterocycles. The van der Waals surface area contributed by atoms with Gasteiger partial charge in [0.05, 0.1) is 0 Å². The summed E-state index contributed by atoms with van der Waals surface area (Å²) in [6, 6.07) is 9.91. The van der Waals surface area contributed by atoms with Crippen LogP contribution in [0.4, 0.5) is 0 Å². The average molecular weight is 261 g/mol. The van der Waals surface area contributed by atoms with E-state index in [4.69, 9.17) is 5.73 Å². The van der Waals surface area contributed by atoms with E-state index in [1.165, 1.54) is 0 Å². The lowest BCUT2D eigenvalue weighted by Crippen LogP contribution is -2.41. The van der Waals surface area contributed by atoms with Gasteiger partial charge in [0.1, 0.15) is 6.04 Å². The Morgan fingerprint density at radius 3 is 2.68 bits per heavy atom. The van der Waals surface area contributed by atoms with Crippen molar-refractivity contribution in [3.05, 3.63) is 35.9 Å². The van der Waals surface area contributed by atoms with Crippen molar-refractivity contribution < 1.29 is 4.79 Å². The first kappa shape index (κ1) is 14.0. The third-order valence-electron chi connectivity index (χ3n) is 3.83. The van der Waals surface area contributed by atoms with Crippen LogP contribution in [0.1, 0.15) is 24.9 Å². The zero-order chi connectivity index (χ0) is 13.8. The molecular formula is C15H23N3O. The van der Waals surface area contributed by atoms with Gasteiger partial charge in [0.2, 0.25) is 5.91 Å². The first-order chi connectivity index (χ1) is 9.13. The standard InChI is InChI=1S/C15H23N3O/c1-3-17(2)14(12-7-5-4-6-8-12)15(19)18-10-9-13(16)11-18/h4-8,13-14H,3,9-11,16H2,1-2H3/t13-,14+/m0/s1. The Morgan fingerprint density at radius 1 is 1.47 bits per heavy atom. The first-order valence-corrected chi connectivity index (χ1v) is 6.93. The summed E-state index contributed by atoms with van der Waals surface area (Å²) in [5, 5.41) is 0. The van der Waals surface area contributed by atoms with Crippen LogP contribution in [0.2, 0.25) is 0 Å². The second-order valence-corrected chi connectivity index (χ2v) is 5.22. The highest BCUT2D eigenvalue weighted by atomic mass is 16.2. The quantitative estimate of drug-likeness (QED) is 0.887. The van der Waals surface area contributed by atoms with Crippen molar-refractivity contribution in [2.45, 2.75) is 25.4 Å². The van der Waals surface area contributed by atoms with Gasteiger partial charge in [-0.25, -0.2) is 0 Å². The molecule has 4 heteroatoms. The summed E-state index contributed by atoms with van der Waals surface area (Å²) in [4.78, 5) is 16.7. The molecule has 1 aliphatic heterocycles. The average Bonchev–Trinajstić information content (AvgIpc) is 2.86. The van der Waals surface area contributed by atoms with Crippen LogP contribution >= 0.6 is 0 Å². The number of hydrogen-bond acceptors (Lipinski definition) is 3. The van der Waals surface area contributed by atoms with Crippen LogP contribution in [0.15, 0.2) is 30.3 Å². The maximum absolute atomic E-state index is 12.7. The maximum Gasteiger partial charge on any atom is 0.244 e. The van der Waals surface area contributed by atoms with E-state index in [0.29, 0.717) is 6.54 Å². The van der Waals surface area contributed by atoms with E-state index in [1.807, 2.05) is 42.3 Å². The van der Waals surface area contributed by atoms with Crippen molar-refractivity contribution in [1.82, 2.24) is 9.80 Å². The molecule has 0 radical (unpaired) electrons. The van der Waals surface area contributed by atoms with Gasteiger partial charge in [0, 0.05) is 19.1 Å². The first-order valence-electron chi connectivity index (χ1n) is 6.93. The molecule has 2 N–H and O–H groups in total. The van der Waals surface area contributed by atoms with Crippen molar-refractivity contribution in [3.8, 4) is 0 Å². The molecule has 0 bridgehead atoms. The van der Waals surface area contributed by atoms with E-state index in [-0.39, 0.29) is 18.0 Å². The molecule has 1 aromatic carbocycles. The fourth-order valence-corrected chi connectivity index (χ4v) is 2.56. The molecule has 1 aliphatic rings. The molecule has 0 unspecified atom stereocenters. The minimum absolute atomic E-state index is 0.132. The van der Waals surface area contributed by atoms with Gasteiger partial charge in [-0.1, -0.05) is 37.3 Å². The van der Waals surface area contributed by atoms with Gasteiger partial charge in [0.25, 0.3) is 0 Å². The van der Waals surface area contributed by atoms with Gasteiger partial charge in [-0.2, -0.15) is 0 Å². The summed E-state index contributed by atoms with van der Waals surface area (Å²) in [6.45, 7) is 4.37. The largest absolute Gasteiger partial charge is 0.339 e. The lowest BCUT2D eigenvalue weighted by Gasteiger charge is -2.30. The SMILES string of the molecule is CCN(C)[C@@H](C(=O)N1CC[C@H](N)C1)c1ccccc1. The molecule has 2 rings (SSSR count). The molecule has 1 fully saturated rings. The Kier molecular flexibility index (Phi) is 4.56. The summed E-state index contributed by atoms with van der Waals surface area (Å²) in [5.41, 5.74) is 6.96. The highest BCUT2D eigenvalue weighted by Gasteiger charge is 2.32. The normalized spacial score (nSPS) is 20.8. The second-order valence-electron chi connectivity index (χ2n) is 5.22. The van der Waals surface area contributed by atoms with Crippen molar-refractivity contribution >= 4 is 5.91 Å². The highest BCUT2D eigenvalue weighted by molar-refractivity contribution is 5.83. The van der Waals surface area contributed by atoms with Crippen LogP contribution in [0, 0.1) is 0 Å². The Hall–Kier alpha value is -1.39. The summed E-state index contributed by atoms with van der Waals surface area (Å²) in [5.74, 6) is 0.170. The fraction of sp³-hybridized carbons (Fsp3) is 0.533. The number of likely N-dealkylation sites (tertiary alicyclic amines) is 1. The van der Waals surface area contributed by atoms with E-state index >= 15 is 0 Å².